The van der Waals surface area contributed by atoms with Crippen LogP contribution in [0.2, 0.25) is 0 Å². The smallest absolute Gasteiger partial charge is 0.0238 e. The van der Waals surface area contributed by atoms with Gasteiger partial charge in [-0.1, -0.05) is 29.5 Å². The first-order chi connectivity index (χ1) is 5.68. The second-order valence-electron chi connectivity index (χ2n) is 4.39. The summed E-state index contributed by atoms with van der Waals surface area (Å²) in [5, 5.41) is 0. The number of halogens is 1. The maximum atomic E-state index is 3.24. The third-order valence-electron chi connectivity index (χ3n) is 3.16. The summed E-state index contributed by atoms with van der Waals surface area (Å²) in [6.45, 7) is 2.12. The first-order valence-electron chi connectivity index (χ1n) is 4.83. The van der Waals surface area contributed by atoms with Crippen molar-refractivity contribution in [2.24, 2.45) is 5.41 Å². The van der Waals surface area contributed by atoms with E-state index in [-0.39, 0.29) is 0 Å². The minimum absolute atomic E-state index is 0.746. The maximum absolute atomic E-state index is 3.24. The van der Waals surface area contributed by atoms with Gasteiger partial charge in [0.1, 0.15) is 0 Å². The minimum Gasteiger partial charge on any atom is -0.104 e. The second-order valence-corrected chi connectivity index (χ2v) is 6.68. The molecule has 1 heteroatoms. The summed E-state index contributed by atoms with van der Waals surface area (Å²) >= 11 is 2.64. The van der Waals surface area contributed by atoms with E-state index in [1.807, 2.05) is 0 Å². The zero-order chi connectivity index (χ0) is 8.66. The maximum Gasteiger partial charge on any atom is 0.0238 e. The van der Waals surface area contributed by atoms with E-state index < -0.39 is 0 Å². The summed E-state index contributed by atoms with van der Waals surface area (Å²) in [7, 11) is 0. The molecule has 3 aliphatic rings. The van der Waals surface area contributed by atoms with Crippen molar-refractivity contribution in [1.82, 2.24) is 0 Å². The zero-order valence-corrected chi connectivity index (χ0v) is 9.78. The molecule has 3 saturated carbocycles. The second kappa shape index (κ2) is 2.90. The highest BCUT2D eigenvalue weighted by Gasteiger charge is 2.65. The van der Waals surface area contributed by atoms with Gasteiger partial charge in [0, 0.05) is 16.3 Å². The van der Waals surface area contributed by atoms with Gasteiger partial charge >= 0.3 is 0 Å². The van der Waals surface area contributed by atoms with Gasteiger partial charge in [0.05, 0.1) is 0 Å². The standard InChI is InChI=1S/C11H15I/c1-2-3-4-5-6-10-7-11(12,8-10)9-10/h2,5-9H2,1H3. The molecule has 0 aliphatic heterocycles. The van der Waals surface area contributed by atoms with Crippen LogP contribution in [-0.4, -0.2) is 3.42 Å². The Balaban J connectivity index is 1.70. The normalized spacial score (nSPS) is 42.2. The summed E-state index contributed by atoms with van der Waals surface area (Å²) in [5.41, 5.74) is 0.767. The molecule has 0 atom stereocenters. The molecule has 66 valence electrons. The molecule has 2 bridgehead atoms. The van der Waals surface area contributed by atoms with E-state index in [9.17, 15) is 0 Å². The number of hydrogen-bond donors (Lipinski definition) is 0. The Morgan fingerprint density at radius 1 is 1.25 bits per heavy atom. The molecule has 0 aromatic heterocycles. The molecule has 0 aromatic rings. The van der Waals surface area contributed by atoms with Crippen LogP contribution in [0, 0.1) is 17.3 Å². The lowest BCUT2D eigenvalue weighted by molar-refractivity contribution is -0.0680. The van der Waals surface area contributed by atoms with E-state index in [4.69, 9.17) is 0 Å². The van der Waals surface area contributed by atoms with Crippen molar-refractivity contribution in [3.05, 3.63) is 0 Å². The van der Waals surface area contributed by atoms with Crippen LogP contribution >= 0.6 is 22.6 Å². The van der Waals surface area contributed by atoms with Gasteiger partial charge in [-0.2, -0.15) is 0 Å². The van der Waals surface area contributed by atoms with Crippen LogP contribution in [-0.2, 0) is 0 Å². The van der Waals surface area contributed by atoms with Gasteiger partial charge in [-0.3, -0.25) is 0 Å². The van der Waals surface area contributed by atoms with Crippen LogP contribution in [0.4, 0.5) is 0 Å². The quantitative estimate of drug-likeness (QED) is 0.410. The van der Waals surface area contributed by atoms with Gasteiger partial charge in [-0.05, 0) is 31.1 Å². The van der Waals surface area contributed by atoms with E-state index in [1.54, 1.807) is 0 Å². The summed E-state index contributed by atoms with van der Waals surface area (Å²) in [5.74, 6) is 6.39. The van der Waals surface area contributed by atoms with Crippen molar-refractivity contribution >= 4 is 22.6 Å². The Morgan fingerprint density at radius 3 is 2.42 bits per heavy atom. The van der Waals surface area contributed by atoms with Crippen LogP contribution in [0.1, 0.15) is 45.4 Å². The van der Waals surface area contributed by atoms with Crippen molar-refractivity contribution in [1.29, 1.82) is 0 Å². The molecule has 0 N–H and O–H groups in total. The van der Waals surface area contributed by atoms with E-state index >= 15 is 0 Å². The Morgan fingerprint density at radius 2 is 1.92 bits per heavy atom. The zero-order valence-electron chi connectivity index (χ0n) is 7.62. The van der Waals surface area contributed by atoms with Gasteiger partial charge in [0.2, 0.25) is 0 Å². The van der Waals surface area contributed by atoms with Crippen molar-refractivity contribution in [2.45, 2.75) is 48.9 Å². The highest BCUT2D eigenvalue weighted by atomic mass is 127. The first kappa shape index (κ1) is 8.87. The molecule has 0 radical (unpaired) electrons. The van der Waals surface area contributed by atoms with E-state index in [2.05, 4.69) is 41.4 Å². The van der Waals surface area contributed by atoms with Crippen LogP contribution in [0.15, 0.2) is 0 Å². The molecule has 0 aromatic carbocycles. The SMILES string of the molecule is CCC#CCCC12CC(I)(C1)C2. The lowest BCUT2D eigenvalue weighted by atomic mass is 9.43. The molecule has 3 aliphatic carbocycles. The van der Waals surface area contributed by atoms with Crippen molar-refractivity contribution < 1.29 is 0 Å². The Hall–Kier alpha value is 0.290. The third-order valence-corrected chi connectivity index (χ3v) is 4.30. The Labute approximate surface area is 88.6 Å². The summed E-state index contributed by atoms with van der Waals surface area (Å²) < 4.78 is 0.746. The molecule has 0 spiro atoms. The molecule has 0 heterocycles. The van der Waals surface area contributed by atoms with Crippen molar-refractivity contribution in [3.8, 4) is 11.8 Å². The fraction of sp³-hybridized carbons (Fsp3) is 0.818. The Bertz CT molecular complexity index is 224. The number of alkyl halides is 1. The average molecular weight is 274 g/mol. The molecular formula is C11H15I. The molecule has 12 heavy (non-hydrogen) atoms. The fourth-order valence-corrected chi connectivity index (χ4v) is 5.09. The summed E-state index contributed by atoms with van der Waals surface area (Å²) in [6.07, 6.45) is 7.96. The van der Waals surface area contributed by atoms with Gasteiger partial charge in [-0.15, -0.1) is 11.8 Å². The lowest BCUT2D eigenvalue weighted by Crippen LogP contribution is -2.62. The highest BCUT2D eigenvalue weighted by molar-refractivity contribution is 14.1. The minimum atomic E-state index is 0.746. The number of hydrogen-bond acceptors (Lipinski definition) is 0. The highest BCUT2D eigenvalue weighted by Crippen LogP contribution is 2.73. The van der Waals surface area contributed by atoms with Crippen molar-refractivity contribution in [3.63, 3.8) is 0 Å². The predicted octanol–water partition coefficient (Wildman–Crippen LogP) is 3.54. The monoisotopic (exact) mass is 274 g/mol. The number of rotatable bonds is 2. The molecule has 3 fully saturated rings. The van der Waals surface area contributed by atoms with Crippen LogP contribution in [0.5, 0.6) is 0 Å². The summed E-state index contributed by atoms with van der Waals surface area (Å²) in [4.78, 5) is 0. The molecule has 0 saturated heterocycles. The molecule has 3 rings (SSSR count). The molecule has 0 amide bonds. The lowest BCUT2D eigenvalue weighted by Gasteiger charge is -2.68. The van der Waals surface area contributed by atoms with Crippen LogP contribution in [0.25, 0.3) is 0 Å². The average Bonchev–Trinajstić information content (AvgIpc) is 1.92. The molecular weight excluding hydrogens is 259 g/mol. The van der Waals surface area contributed by atoms with Gasteiger partial charge < -0.3 is 0 Å². The summed E-state index contributed by atoms with van der Waals surface area (Å²) in [6, 6.07) is 0. The van der Waals surface area contributed by atoms with Crippen LogP contribution in [0.3, 0.4) is 0 Å². The van der Waals surface area contributed by atoms with Gasteiger partial charge in [0.25, 0.3) is 0 Å². The van der Waals surface area contributed by atoms with E-state index in [0.717, 1.165) is 21.7 Å². The predicted molar refractivity (Wildman–Crippen MR) is 60.3 cm³/mol. The van der Waals surface area contributed by atoms with Gasteiger partial charge in [-0.25, -0.2) is 0 Å². The largest absolute Gasteiger partial charge is 0.104 e. The van der Waals surface area contributed by atoms with Crippen molar-refractivity contribution in [2.75, 3.05) is 0 Å². The first-order valence-corrected chi connectivity index (χ1v) is 5.91. The molecule has 0 unspecified atom stereocenters. The Kier molecular flexibility index (Phi) is 2.15. The molecule has 0 nitrogen and oxygen atoms in total. The topological polar surface area (TPSA) is 0 Å². The van der Waals surface area contributed by atoms with Gasteiger partial charge in [0.15, 0.2) is 0 Å². The van der Waals surface area contributed by atoms with E-state index in [0.29, 0.717) is 0 Å². The fourth-order valence-electron chi connectivity index (χ4n) is 2.67. The van der Waals surface area contributed by atoms with Crippen LogP contribution < -0.4 is 0 Å². The van der Waals surface area contributed by atoms with E-state index in [1.165, 1.54) is 25.7 Å². The third kappa shape index (κ3) is 1.39.